The summed E-state index contributed by atoms with van der Waals surface area (Å²) in [6, 6.07) is 1.15. The Morgan fingerprint density at radius 3 is 2.27 bits per heavy atom. The molecular weight excluding hydrogens is 184 g/mol. The zero-order valence-electron chi connectivity index (χ0n) is 10.7. The van der Waals surface area contributed by atoms with E-state index in [2.05, 4.69) is 25.7 Å². The maximum Gasteiger partial charge on any atom is 0.0191 e. The van der Waals surface area contributed by atoms with Gasteiger partial charge < -0.3 is 5.73 Å². The average molecular weight is 212 g/mol. The lowest BCUT2D eigenvalue weighted by molar-refractivity contribution is 0.146. The van der Waals surface area contributed by atoms with Crippen molar-refractivity contribution in [3.63, 3.8) is 0 Å². The smallest absolute Gasteiger partial charge is 0.0191 e. The second kappa shape index (κ2) is 6.49. The lowest BCUT2D eigenvalue weighted by Crippen LogP contribution is -2.46. The van der Waals surface area contributed by atoms with Crippen molar-refractivity contribution in [1.29, 1.82) is 0 Å². The molecule has 1 fully saturated rings. The van der Waals surface area contributed by atoms with Gasteiger partial charge in [0, 0.05) is 18.6 Å². The molecule has 2 heteroatoms. The Morgan fingerprint density at radius 1 is 1.20 bits per heavy atom. The molecule has 2 N–H and O–H groups in total. The Kier molecular flexibility index (Phi) is 5.62. The second-order valence-electron chi connectivity index (χ2n) is 5.29. The van der Waals surface area contributed by atoms with Gasteiger partial charge in [-0.05, 0) is 25.3 Å². The lowest BCUT2D eigenvalue weighted by atomic mass is 9.93. The summed E-state index contributed by atoms with van der Waals surface area (Å²) in [7, 11) is 0. The van der Waals surface area contributed by atoms with Crippen LogP contribution in [0, 0.1) is 5.92 Å². The zero-order chi connectivity index (χ0) is 11.3. The normalized spacial score (nSPS) is 21.2. The average Bonchev–Trinajstić information content (AvgIpc) is 2.26. The molecule has 0 spiro atoms. The molecule has 0 amide bonds. The zero-order valence-corrected chi connectivity index (χ0v) is 10.7. The van der Waals surface area contributed by atoms with E-state index in [1.54, 1.807) is 0 Å². The summed E-state index contributed by atoms with van der Waals surface area (Å²) in [5, 5.41) is 0. The van der Waals surface area contributed by atoms with Crippen molar-refractivity contribution in [1.82, 2.24) is 4.90 Å². The van der Waals surface area contributed by atoms with Crippen molar-refractivity contribution >= 4 is 0 Å². The molecule has 1 rings (SSSR count). The van der Waals surface area contributed by atoms with E-state index in [0.29, 0.717) is 12.0 Å². The van der Waals surface area contributed by atoms with Crippen molar-refractivity contribution in [2.75, 3.05) is 13.1 Å². The number of rotatable bonds is 5. The summed E-state index contributed by atoms with van der Waals surface area (Å²) >= 11 is 0. The van der Waals surface area contributed by atoms with E-state index in [-0.39, 0.29) is 0 Å². The van der Waals surface area contributed by atoms with Crippen LogP contribution in [0.2, 0.25) is 0 Å². The largest absolute Gasteiger partial charge is 0.326 e. The fraction of sp³-hybridized carbons (Fsp3) is 1.00. The Bertz CT molecular complexity index is 162. The molecule has 0 aromatic heterocycles. The highest BCUT2D eigenvalue weighted by molar-refractivity contribution is 4.79. The number of hydrogen-bond acceptors (Lipinski definition) is 2. The van der Waals surface area contributed by atoms with E-state index in [1.165, 1.54) is 32.1 Å². The number of hydrogen-bond donors (Lipinski definition) is 1. The predicted octanol–water partition coefficient (Wildman–Crippen LogP) is 2.62. The third kappa shape index (κ3) is 4.12. The molecule has 1 unspecified atom stereocenters. The first-order valence-electron chi connectivity index (χ1n) is 6.64. The molecular formula is C13H28N2. The molecule has 0 aromatic rings. The van der Waals surface area contributed by atoms with E-state index in [9.17, 15) is 0 Å². The molecule has 0 radical (unpaired) electrons. The van der Waals surface area contributed by atoms with Gasteiger partial charge in [0.25, 0.3) is 0 Å². The van der Waals surface area contributed by atoms with E-state index < -0.39 is 0 Å². The van der Waals surface area contributed by atoms with Crippen LogP contribution in [-0.2, 0) is 0 Å². The van der Waals surface area contributed by atoms with Crippen LogP contribution in [0.1, 0.15) is 52.9 Å². The van der Waals surface area contributed by atoms with Crippen LogP contribution in [0.25, 0.3) is 0 Å². The summed E-state index contributed by atoms with van der Waals surface area (Å²) < 4.78 is 0. The van der Waals surface area contributed by atoms with Crippen LogP contribution in [0.15, 0.2) is 0 Å². The maximum absolute atomic E-state index is 6.16. The molecule has 15 heavy (non-hydrogen) atoms. The molecule has 0 aliphatic heterocycles. The summed E-state index contributed by atoms with van der Waals surface area (Å²) in [6.07, 6.45) is 7.04. The molecule has 0 bridgehead atoms. The van der Waals surface area contributed by atoms with Gasteiger partial charge in [0.1, 0.15) is 0 Å². The quantitative estimate of drug-likeness (QED) is 0.759. The molecule has 1 aliphatic rings. The fourth-order valence-electron chi connectivity index (χ4n) is 2.46. The van der Waals surface area contributed by atoms with Crippen LogP contribution in [-0.4, -0.2) is 30.1 Å². The third-order valence-corrected chi connectivity index (χ3v) is 3.80. The van der Waals surface area contributed by atoms with Crippen LogP contribution < -0.4 is 5.73 Å². The van der Waals surface area contributed by atoms with Crippen LogP contribution in [0.5, 0.6) is 0 Å². The van der Waals surface area contributed by atoms with Gasteiger partial charge in [-0.3, -0.25) is 4.90 Å². The standard InChI is InChI=1S/C13H28N2/c1-4-15(10-13(14)11(2)3)12-8-6-5-7-9-12/h11-13H,4-10,14H2,1-3H3. The monoisotopic (exact) mass is 212 g/mol. The molecule has 0 heterocycles. The summed E-state index contributed by atoms with van der Waals surface area (Å²) in [5.41, 5.74) is 6.16. The summed E-state index contributed by atoms with van der Waals surface area (Å²) in [6.45, 7) is 8.95. The Morgan fingerprint density at radius 2 is 1.80 bits per heavy atom. The first kappa shape index (κ1) is 13.0. The van der Waals surface area contributed by atoms with Crippen LogP contribution in [0.3, 0.4) is 0 Å². The van der Waals surface area contributed by atoms with Gasteiger partial charge in [-0.15, -0.1) is 0 Å². The highest BCUT2D eigenvalue weighted by atomic mass is 15.2. The lowest BCUT2D eigenvalue weighted by Gasteiger charge is -2.35. The van der Waals surface area contributed by atoms with Gasteiger partial charge in [-0.25, -0.2) is 0 Å². The molecule has 2 nitrogen and oxygen atoms in total. The highest BCUT2D eigenvalue weighted by Gasteiger charge is 2.22. The van der Waals surface area contributed by atoms with Crippen molar-refractivity contribution in [3.05, 3.63) is 0 Å². The fourth-order valence-corrected chi connectivity index (χ4v) is 2.46. The van der Waals surface area contributed by atoms with Crippen molar-refractivity contribution in [2.45, 2.75) is 65.0 Å². The van der Waals surface area contributed by atoms with Gasteiger partial charge in [0.05, 0.1) is 0 Å². The molecule has 1 atom stereocenters. The first-order valence-corrected chi connectivity index (χ1v) is 6.64. The van der Waals surface area contributed by atoms with Gasteiger partial charge in [0.2, 0.25) is 0 Å². The predicted molar refractivity (Wildman–Crippen MR) is 66.9 cm³/mol. The number of likely N-dealkylation sites (N-methyl/N-ethyl adjacent to an activating group) is 1. The minimum atomic E-state index is 0.340. The van der Waals surface area contributed by atoms with Crippen molar-refractivity contribution in [3.8, 4) is 0 Å². The van der Waals surface area contributed by atoms with Gasteiger partial charge >= 0.3 is 0 Å². The molecule has 1 saturated carbocycles. The molecule has 90 valence electrons. The van der Waals surface area contributed by atoms with Crippen molar-refractivity contribution < 1.29 is 0 Å². The van der Waals surface area contributed by atoms with Crippen LogP contribution >= 0.6 is 0 Å². The van der Waals surface area contributed by atoms with Gasteiger partial charge in [0.15, 0.2) is 0 Å². The van der Waals surface area contributed by atoms with E-state index in [4.69, 9.17) is 5.73 Å². The second-order valence-corrected chi connectivity index (χ2v) is 5.29. The maximum atomic E-state index is 6.16. The summed E-state index contributed by atoms with van der Waals surface area (Å²) in [5.74, 6) is 0.600. The highest BCUT2D eigenvalue weighted by Crippen LogP contribution is 2.22. The Balaban J connectivity index is 2.39. The van der Waals surface area contributed by atoms with E-state index in [0.717, 1.165) is 19.1 Å². The van der Waals surface area contributed by atoms with Crippen molar-refractivity contribution in [2.24, 2.45) is 11.7 Å². The molecule has 0 saturated heterocycles. The van der Waals surface area contributed by atoms with E-state index >= 15 is 0 Å². The Labute approximate surface area is 95.2 Å². The van der Waals surface area contributed by atoms with Gasteiger partial charge in [-0.1, -0.05) is 40.0 Å². The minimum Gasteiger partial charge on any atom is -0.326 e. The third-order valence-electron chi connectivity index (χ3n) is 3.80. The SMILES string of the molecule is CCN(CC(N)C(C)C)C1CCCCC1. The minimum absolute atomic E-state index is 0.340. The van der Waals surface area contributed by atoms with Gasteiger partial charge in [-0.2, -0.15) is 0 Å². The topological polar surface area (TPSA) is 29.3 Å². The number of nitrogens with zero attached hydrogens (tertiary/aromatic N) is 1. The van der Waals surface area contributed by atoms with Crippen LogP contribution in [0.4, 0.5) is 0 Å². The molecule has 1 aliphatic carbocycles. The Hall–Kier alpha value is -0.0800. The van der Waals surface area contributed by atoms with E-state index in [1.807, 2.05) is 0 Å². The summed E-state index contributed by atoms with van der Waals surface area (Å²) in [4.78, 5) is 2.60. The number of nitrogens with two attached hydrogens (primary N) is 1. The molecule has 0 aromatic carbocycles. The first-order chi connectivity index (χ1) is 7.15.